The molecule has 0 fully saturated rings. The van der Waals surface area contributed by atoms with Crippen molar-refractivity contribution in [2.75, 3.05) is 5.32 Å². The topological polar surface area (TPSA) is 66.5 Å². The summed E-state index contributed by atoms with van der Waals surface area (Å²) in [7, 11) is 0. The number of rotatable bonds is 4. The monoisotopic (exact) mass is 315 g/mol. The first-order valence-corrected chi connectivity index (χ1v) is 7.33. The summed E-state index contributed by atoms with van der Waals surface area (Å²) in [5.41, 5.74) is 1.73. The summed E-state index contributed by atoms with van der Waals surface area (Å²) >= 11 is 7.53. The molecule has 0 atom stereocenters. The van der Waals surface area contributed by atoms with Gasteiger partial charge in [0.05, 0.1) is 11.4 Å². The van der Waals surface area contributed by atoms with Gasteiger partial charge in [-0.1, -0.05) is 11.6 Å². The molecule has 0 saturated carbocycles. The van der Waals surface area contributed by atoms with E-state index in [-0.39, 0.29) is 0 Å². The quantitative estimate of drug-likeness (QED) is 0.800. The Bertz CT molecular complexity index is 788. The van der Waals surface area contributed by atoms with Crippen molar-refractivity contribution in [2.45, 2.75) is 6.54 Å². The van der Waals surface area contributed by atoms with Gasteiger partial charge >= 0.3 is 0 Å². The third-order valence-electron chi connectivity index (χ3n) is 2.85. The Morgan fingerprint density at radius 2 is 2.24 bits per heavy atom. The van der Waals surface area contributed by atoms with Crippen molar-refractivity contribution in [1.82, 2.24) is 14.8 Å². The maximum atomic E-state index is 8.85. The Hall–Kier alpha value is -2.36. The molecule has 2 aromatic heterocycles. The predicted octanol–water partition coefficient (Wildman–Crippen LogP) is 3.47. The van der Waals surface area contributed by atoms with Crippen LogP contribution >= 0.6 is 22.9 Å². The van der Waals surface area contributed by atoms with Crippen LogP contribution in [0.5, 0.6) is 0 Å². The van der Waals surface area contributed by atoms with Crippen LogP contribution < -0.4 is 5.32 Å². The molecular weight excluding hydrogens is 306 g/mol. The molecule has 0 aliphatic heterocycles. The number of nitrogens with zero attached hydrogens (tertiary/aromatic N) is 4. The van der Waals surface area contributed by atoms with Crippen molar-refractivity contribution in [3.05, 3.63) is 57.8 Å². The lowest BCUT2D eigenvalue weighted by atomic mass is 10.2. The van der Waals surface area contributed by atoms with Crippen molar-refractivity contribution in [3.63, 3.8) is 0 Å². The standard InChI is InChI=1S/C14H10ClN5S/c15-10-1-4-14(20-9-17-8-19-20)13(5-10)18-7-12-3-2-11(6-16)21-12/h1-5,8-9,18H,7H2. The van der Waals surface area contributed by atoms with E-state index >= 15 is 0 Å². The third-order valence-corrected chi connectivity index (χ3v) is 4.07. The van der Waals surface area contributed by atoms with Gasteiger partial charge in [0.1, 0.15) is 23.6 Å². The summed E-state index contributed by atoms with van der Waals surface area (Å²) < 4.78 is 1.67. The van der Waals surface area contributed by atoms with Crippen LogP contribution in [0.3, 0.4) is 0 Å². The highest BCUT2D eigenvalue weighted by Crippen LogP contribution is 2.25. The van der Waals surface area contributed by atoms with Gasteiger partial charge in [-0.25, -0.2) is 9.67 Å². The first-order valence-electron chi connectivity index (χ1n) is 6.13. The first kappa shape index (κ1) is 13.6. The molecule has 0 aliphatic carbocycles. The average molecular weight is 316 g/mol. The maximum Gasteiger partial charge on any atom is 0.138 e. The Kier molecular flexibility index (Phi) is 3.86. The van der Waals surface area contributed by atoms with E-state index in [1.165, 1.54) is 17.7 Å². The number of thiophene rings is 1. The zero-order valence-corrected chi connectivity index (χ0v) is 12.4. The summed E-state index contributed by atoms with van der Waals surface area (Å²) in [5, 5.41) is 16.9. The lowest BCUT2D eigenvalue weighted by Crippen LogP contribution is -2.04. The van der Waals surface area contributed by atoms with Crippen molar-refractivity contribution in [3.8, 4) is 11.8 Å². The van der Waals surface area contributed by atoms with E-state index in [0.717, 1.165) is 16.3 Å². The average Bonchev–Trinajstić information content (AvgIpc) is 3.16. The van der Waals surface area contributed by atoms with E-state index in [4.69, 9.17) is 16.9 Å². The second-order valence-electron chi connectivity index (χ2n) is 4.23. The largest absolute Gasteiger partial charge is 0.378 e. The molecule has 0 aliphatic rings. The van der Waals surface area contributed by atoms with E-state index in [1.54, 1.807) is 11.0 Å². The van der Waals surface area contributed by atoms with Gasteiger partial charge in [-0.05, 0) is 30.3 Å². The number of aromatic nitrogens is 3. The molecule has 1 aromatic carbocycles. The minimum absolute atomic E-state index is 0.619. The number of anilines is 1. The van der Waals surface area contributed by atoms with E-state index < -0.39 is 0 Å². The number of nitrogens with one attached hydrogen (secondary N) is 1. The summed E-state index contributed by atoms with van der Waals surface area (Å²) in [6.07, 6.45) is 3.12. The molecule has 0 saturated heterocycles. The third kappa shape index (κ3) is 3.05. The van der Waals surface area contributed by atoms with Crippen LogP contribution in [0.2, 0.25) is 5.02 Å². The van der Waals surface area contributed by atoms with Gasteiger partial charge < -0.3 is 5.32 Å². The van der Waals surface area contributed by atoms with Crippen LogP contribution in [0, 0.1) is 11.3 Å². The Labute approximate surface area is 130 Å². The van der Waals surface area contributed by atoms with Gasteiger partial charge in [0.25, 0.3) is 0 Å². The molecular formula is C14H10ClN5S. The van der Waals surface area contributed by atoms with Crippen LogP contribution in [0.4, 0.5) is 5.69 Å². The van der Waals surface area contributed by atoms with Crippen LogP contribution in [-0.2, 0) is 6.54 Å². The lowest BCUT2D eigenvalue weighted by Gasteiger charge is -2.11. The number of nitriles is 1. The zero-order valence-electron chi connectivity index (χ0n) is 10.8. The molecule has 3 rings (SSSR count). The van der Waals surface area contributed by atoms with Crippen LogP contribution in [0.15, 0.2) is 43.0 Å². The molecule has 104 valence electrons. The molecule has 21 heavy (non-hydrogen) atoms. The Morgan fingerprint density at radius 3 is 2.95 bits per heavy atom. The lowest BCUT2D eigenvalue weighted by molar-refractivity contribution is 0.878. The van der Waals surface area contributed by atoms with E-state index in [2.05, 4.69) is 21.5 Å². The van der Waals surface area contributed by atoms with Gasteiger partial charge in [-0.3, -0.25) is 0 Å². The molecule has 7 heteroatoms. The summed E-state index contributed by atoms with van der Waals surface area (Å²) in [5.74, 6) is 0. The zero-order chi connectivity index (χ0) is 14.7. The normalized spacial score (nSPS) is 10.3. The van der Waals surface area contributed by atoms with Gasteiger partial charge in [0, 0.05) is 16.4 Å². The fourth-order valence-corrected chi connectivity index (χ4v) is 2.81. The predicted molar refractivity (Wildman–Crippen MR) is 82.7 cm³/mol. The van der Waals surface area contributed by atoms with Crippen molar-refractivity contribution in [2.24, 2.45) is 0 Å². The molecule has 0 bridgehead atoms. The summed E-state index contributed by atoms with van der Waals surface area (Å²) in [4.78, 5) is 5.73. The highest BCUT2D eigenvalue weighted by Gasteiger charge is 2.07. The summed E-state index contributed by atoms with van der Waals surface area (Å²) in [6.45, 7) is 0.619. The van der Waals surface area contributed by atoms with Gasteiger partial charge in [0.15, 0.2) is 0 Å². The highest BCUT2D eigenvalue weighted by molar-refractivity contribution is 7.12. The van der Waals surface area contributed by atoms with Gasteiger partial charge in [-0.15, -0.1) is 11.3 Å². The van der Waals surface area contributed by atoms with Crippen molar-refractivity contribution in [1.29, 1.82) is 5.26 Å². The van der Waals surface area contributed by atoms with Crippen LogP contribution in [0.1, 0.15) is 9.75 Å². The molecule has 0 radical (unpaired) electrons. The van der Waals surface area contributed by atoms with E-state index in [1.807, 2.05) is 30.3 Å². The SMILES string of the molecule is N#Cc1ccc(CNc2cc(Cl)ccc2-n2cncn2)s1. The molecule has 5 nitrogen and oxygen atoms in total. The molecule has 1 N–H and O–H groups in total. The molecule has 0 spiro atoms. The molecule has 0 unspecified atom stereocenters. The fraction of sp³-hybridized carbons (Fsp3) is 0.0714. The minimum atomic E-state index is 0.619. The van der Waals surface area contributed by atoms with Crippen LogP contribution in [-0.4, -0.2) is 14.8 Å². The highest BCUT2D eigenvalue weighted by atomic mass is 35.5. The molecule has 2 heterocycles. The number of hydrogen-bond donors (Lipinski definition) is 1. The summed E-state index contributed by atoms with van der Waals surface area (Å²) in [6, 6.07) is 11.4. The van der Waals surface area contributed by atoms with Gasteiger partial charge in [0.2, 0.25) is 0 Å². The Balaban J connectivity index is 1.84. The maximum absolute atomic E-state index is 8.85. The van der Waals surface area contributed by atoms with E-state index in [9.17, 15) is 0 Å². The minimum Gasteiger partial charge on any atom is -0.378 e. The fourth-order valence-electron chi connectivity index (χ4n) is 1.90. The van der Waals surface area contributed by atoms with Crippen molar-refractivity contribution < 1.29 is 0 Å². The number of halogens is 1. The molecule has 0 amide bonds. The van der Waals surface area contributed by atoms with Crippen molar-refractivity contribution >= 4 is 28.6 Å². The number of benzene rings is 1. The van der Waals surface area contributed by atoms with Gasteiger partial charge in [-0.2, -0.15) is 10.4 Å². The number of hydrogen-bond acceptors (Lipinski definition) is 5. The Morgan fingerprint density at radius 1 is 1.33 bits per heavy atom. The molecule has 3 aromatic rings. The first-order chi connectivity index (χ1) is 10.3. The smallest absolute Gasteiger partial charge is 0.138 e. The van der Waals surface area contributed by atoms with E-state index in [0.29, 0.717) is 16.4 Å². The van der Waals surface area contributed by atoms with Crippen LogP contribution in [0.25, 0.3) is 5.69 Å². The second-order valence-corrected chi connectivity index (χ2v) is 5.84. The second kappa shape index (κ2) is 5.95.